The van der Waals surface area contributed by atoms with Crippen LogP contribution in [0.3, 0.4) is 0 Å². The SMILES string of the molecule is CC(O)CCNc1ccc([N+](=O)[O-])c(C(=O)O)c1. The van der Waals surface area contributed by atoms with Crippen LogP contribution in [0.15, 0.2) is 18.2 Å². The first-order valence-corrected chi connectivity index (χ1v) is 5.35. The van der Waals surface area contributed by atoms with Gasteiger partial charge in [0.1, 0.15) is 5.56 Å². The number of aliphatic hydroxyl groups excluding tert-OH is 1. The quantitative estimate of drug-likeness (QED) is 0.523. The summed E-state index contributed by atoms with van der Waals surface area (Å²) in [4.78, 5) is 20.8. The molecule has 0 bridgehead atoms. The first-order valence-electron chi connectivity index (χ1n) is 5.35. The lowest BCUT2D eigenvalue weighted by atomic mass is 10.1. The Hall–Kier alpha value is -2.15. The third kappa shape index (κ3) is 3.70. The summed E-state index contributed by atoms with van der Waals surface area (Å²) in [7, 11) is 0. The van der Waals surface area contributed by atoms with Crippen molar-refractivity contribution in [3.8, 4) is 0 Å². The van der Waals surface area contributed by atoms with E-state index in [0.717, 1.165) is 6.07 Å². The number of carboxylic acids is 1. The molecule has 0 aliphatic rings. The molecule has 3 N–H and O–H groups in total. The lowest BCUT2D eigenvalue weighted by Crippen LogP contribution is -2.10. The summed E-state index contributed by atoms with van der Waals surface area (Å²) in [6.45, 7) is 2.09. The number of nitrogens with one attached hydrogen (secondary N) is 1. The zero-order chi connectivity index (χ0) is 13.7. The van der Waals surface area contributed by atoms with E-state index in [0.29, 0.717) is 18.7 Å². The summed E-state index contributed by atoms with van der Waals surface area (Å²) in [6.07, 6.45) is 0.0360. The van der Waals surface area contributed by atoms with E-state index in [1.807, 2.05) is 0 Å². The Balaban J connectivity index is 2.87. The summed E-state index contributed by atoms with van der Waals surface area (Å²) in [5.41, 5.74) is -0.329. The average molecular weight is 254 g/mol. The third-order valence-corrected chi connectivity index (χ3v) is 2.31. The van der Waals surface area contributed by atoms with Crippen LogP contribution in [0.4, 0.5) is 11.4 Å². The lowest BCUT2D eigenvalue weighted by Gasteiger charge is -2.08. The van der Waals surface area contributed by atoms with Gasteiger partial charge in [-0.2, -0.15) is 0 Å². The second kappa shape index (κ2) is 5.97. The summed E-state index contributed by atoms with van der Waals surface area (Å²) in [5.74, 6) is -1.35. The fraction of sp³-hybridized carbons (Fsp3) is 0.364. The van der Waals surface area contributed by atoms with Crippen molar-refractivity contribution in [2.75, 3.05) is 11.9 Å². The zero-order valence-electron chi connectivity index (χ0n) is 9.79. The van der Waals surface area contributed by atoms with Crippen molar-refractivity contribution < 1.29 is 19.9 Å². The Labute approximate surface area is 103 Å². The minimum atomic E-state index is -1.35. The summed E-state index contributed by atoms with van der Waals surface area (Å²) < 4.78 is 0. The molecule has 0 heterocycles. The van der Waals surface area contributed by atoms with Crippen molar-refractivity contribution in [1.29, 1.82) is 0 Å². The largest absolute Gasteiger partial charge is 0.477 e. The van der Waals surface area contributed by atoms with Crippen molar-refractivity contribution in [3.63, 3.8) is 0 Å². The van der Waals surface area contributed by atoms with Crippen LogP contribution in [0.2, 0.25) is 0 Å². The van der Waals surface area contributed by atoms with Crippen LogP contribution >= 0.6 is 0 Å². The van der Waals surface area contributed by atoms with Gasteiger partial charge in [0, 0.05) is 18.3 Å². The van der Waals surface area contributed by atoms with Gasteiger partial charge in [-0.25, -0.2) is 4.79 Å². The molecular formula is C11H14N2O5. The van der Waals surface area contributed by atoms with E-state index in [1.54, 1.807) is 6.92 Å². The Morgan fingerprint density at radius 2 is 2.22 bits per heavy atom. The molecule has 1 atom stereocenters. The van der Waals surface area contributed by atoms with Gasteiger partial charge in [0.25, 0.3) is 5.69 Å². The number of rotatable bonds is 6. The molecule has 0 aliphatic carbocycles. The van der Waals surface area contributed by atoms with Crippen LogP contribution in [-0.2, 0) is 0 Å². The lowest BCUT2D eigenvalue weighted by molar-refractivity contribution is -0.385. The fourth-order valence-corrected chi connectivity index (χ4v) is 1.40. The fourth-order valence-electron chi connectivity index (χ4n) is 1.40. The Kier molecular flexibility index (Phi) is 4.61. The number of nitro groups is 1. The van der Waals surface area contributed by atoms with E-state index in [9.17, 15) is 14.9 Å². The normalized spacial score (nSPS) is 11.9. The topological polar surface area (TPSA) is 113 Å². The first kappa shape index (κ1) is 13.9. The van der Waals surface area contributed by atoms with Gasteiger partial charge in [-0.15, -0.1) is 0 Å². The number of hydrogen-bond acceptors (Lipinski definition) is 5. The molecule has 7 heteroatoms. The maximum absolute atomic E-state index is 10.9. The van der Waals surface area contributed by atoms with E-state index >= 15 is 0 Å². The maximum atomic E-state index is 10.9. The summed E-state index contributed by atoms with van der Waals surface area (Å²) in [5, 5.41) is 31.5. The molecule has 0 spiro atoms. The molecule has 0 fully saturated rings. The number of nitro benzene ring substituents is 1. The van der Waals surface area contributed by atoms with E-state index in [1.165, 1.54) is 12.1 Å². The monoisotopic (exact) mass is 254 g/mol. The number of anilines is 1. The van der Waals surface area contributed by atoms with Gasteiger partial charge >= 0.3 is 5.97 Å². The minimum absolute atomic E-state index is 0.359. The summed E-state index contributed by atoms with van der Waals surface area (Å²) in [6, 6.07) is 3.79. The minimum Gasteiger partial charge on any atom is -0.477 e. The van der Waals surface area contributed by atoms with Gasteiger partial charge in [0.2, 0.25) is 0 Å². The van der Waals surface area contributed by atoms with Crippen LogP contribution in [0.25, 0.3) is 0 Å². The number of nitrogens with zero attached hydrogens (tertiary/aromatic N) is 1. The number of aromatic carboxylic acids is 1. The molecule has 7 nitrogen and oxygen atoms in total. The molecule has 0 amide bonds. The van der Waals surface area contributed by atoms with Crippen LogP contribution in [-0.4, -0.2) is 33.8 Å². The van der Waals surface area contributed by atoms with Gasteiger partial charge in [0.15, 0.2) is 0 Å². The first-order chi connectivity index (χ1) is 8.41. The molecule has 0 saturated carbocycles. The third-order valence-electron chi connectivity index (χ3n) is 2.31. The Morgan fingerprint density at radius 3 is 2.72 bits per heavy atom. The smallest absolute Gasteiger partial charge is 0.342 e. The van der Waals surface area contributed by atoms with Crippen molar-refractivity contribution in [2.45, 2.75) is 19.4 Å². The van der Waals surface area contributed by atoms with Crippen LogP contribution in [0, 0.1) is 10.1 Å². The second-order valence-corrected chi connectivity index (χ2v) is 3.86. The second-order valence-electron chi connectivity index (χ2n) is 3.86. The molecular weight excluding hydrogens is 240 g/mol. The van der Waals surface area contributed by atoms with Crippen LogP contribution in [0.5, 0.6) is 0 Å². The van der Waals surface area contributed by atoms with Crippen LogP contribution < -0.4 is 5.32 Å². The van der Waals surface area contributed by atoms with Crippen molar-refractivity contribution in [1.82, 2.24) is 0 Å². The summed E-state index contributed by atoms with van der Waals surface area (Å²) >= 11 is 0. The zero-order valence-corrected chi connectivity index (χ0v) is 9.79. The van der Waals surface area contributed by atoms with E-state index < -0.39 is 22.7 Å². The number of carbonyl (C=O) groups is 1. The number of hydrogen-bond donors (Lipinski definition) is 3. The molecule has 0 radical (unpaired) electrons. The van der Waals surface area contributed by atoms with Crippen molar-refractivity contribution in [2.24, 2.45) is 0 Å². The van der Waals surface area contributed by atoms with E-state index in [-0.39, 0.29) is 5.56 Å². The molecule has 0 aliphatic heterocycles. The molecule has 1 rings (SSSR count). The molecule has 1 aromatic carbocycles. The number of carboxylic acid groups (broad SMARTS) is 1. The molecule has 1 unspecified atom stereocenters. The highest BCUT2D eigenvalue weighted by molar-refractivity contribution is 5.93. The highest BCUT2D eigenvalue weighted by atomic mass is 16.6. The molecule has 0 saturated heterocycles. The van der Waals surface area contributed by atoms with Gasteiger partial charge < -0.3 is 15.5 Å². The van der Waals surface area contributed by atoms with Gasteiger partial charge in [-0.3, -0.25) is 10.1 Å². The predicted molar refractivity (Wildman–Crippen MR) is 64.8 cm³/mol. The average Bonchev–Trinajstić information content (AvgIpc) is 2.28. The van der Waals surface area contributed by atoms with Crippen molar-refractivity contribution in [3.05, 3.63) is 33.9 Å². The van der Waals surface area contributed by atoms with E-state index in [4.69, 9.17) is 10.2 Å². The number of aliphatic hydroxyl groups is 1. The van der Waals surface area contributed by atoms with Crippen LogP contribution in [0.1, 0.15) is 23.7 Å². The highest BCUT2D eigenvalue weighted by Crippen LogP contribution is 2.22. The standard InChI is InChI=1S/C11H14N2O5/c1-7(14)4-5-12-8-2-3-10(13(17)18)9(6-8)11(15)16/h2-3,6-7,12,14H,4-5H2,1H3,(H,15,16). The van der Waals surface area contributed by atoms with Gasteiger partial charge in [-0.1, -0.05) is 0 Å². The number of benzene rings is 1. The van der Waals surface area contributed by atoms with Gasteiger partial charge in [-0.05, 0) is 25.5 Å². The Bertz CT molecular complexity index is 459. The molecule has 98 valence electrons. The Morgan fingerprint density at radius 1 is 1.56 bits per heavy atom. The molecule has 18 heavy (non-hydrogen) atoms. The van der Waals surface area contributed by atoms with Gasteiger partial charge in [0.05, 0.1) is 11.0 Å². The molecule has 1 aromatic rings. The maximum Gasteiger partial charge on any atom is 0.342 e. The van der Waals surface area contributed by atoms with E-state index in [2.05, 4.69) is 5.32 Å². The van der Waals surface area contributed by atoms with Crippen molar-refractivity contribution >= 4 is 17.3 Å². The predicted octanol–water partition coefficient (Wildman–Crippen LogP) is 1.48. The highest BCUT2D eigenvalue weighted by Gasteiger charge is 2.19. The molecule has 0 aromatic heterocycles.